The van der Waals surface area contributed by atoms with E-state index in [1.165, 1.54) is 43.5 Å². The molecular weight excluding hydrogens is 232 g/mol. The van der Waals surface area contributed by atoms with Crippen molar-refractivity contribution < 1.29 is 0 Å². The Morgan fingerprint density at radius 1 is 1.26 bits per heavy atom. The van der Waals surface area contributed by atoms with Crippen LogP contribution in [0.3, 0.4) is 0 Å². The van der Waals surface area contributed by atoms with Crippen LogP contribution < -0.4 is 10.2 Å². The minimum atomic E-state index is 0.540. The van der Waals surface area contributed by atoms with Crippen molar-refractivity contribution in [2.24, 2.45) is 0 Å². The first-order valence-corrected chi connectivity index (χ1v) is 7.80. The first kappa shape index (κ1) is 14.4. The monoisotopic (exact) mass is 260 g/mol. The van der Waals surface area contributed by atoms with Crippen LogP contribution in [0.5, 0.6) is 0 Å². The van der Waals surface area contributed by atoms with Gasteiger partial charge in [-0.3, -0.25) is 0 Å². The Hall–Kier alpha value is -1.02. The summed E-state index contributed by atoms with van der Waals surface area (Å²) < 4.78 is 0. The van der Waals surface area contributed by atoms with E-state index in [1.54, 1.807) is 0 Å². The average molecular weight is 260 g/mol. The highest BCUT2D eigenvalue weighted by atomic mass is 15.2. The molecule has 0 spiro atoms. The lowest BCUT2D eigenvalue weighted by molar-refractivity contribution is 0.587. The van der Waals surface area contributed by atoms with Gasteiger partial charge in [0.2, 0.25) is 0 Å². The summed E-state index contributed by atoms with van der Waals surface area (Å²) >= 11 is 0. The molecule has 2 heteroatoms. The van der Waals surface area contributed by atoms with Gasteiger partial charge in [-0.25, -0.2) is 0 Å². The molecule has 0 heterocycles. The molecule has 0 bridgehead atoms. The van der Waals surface area contributed by atoms with Crippen LogP contribution in [0, 0.1) is 0 Å². The maximum absolute atomic E-state index is 3.55. The van der Waals surface area contributed by atoms with Crippen LogP contribution in [0.2, 0.25) is 0 Å². The lowest BCUT2D eigenvalue weighted by Crippen LogP contribution is -2.29. The summed E-state index contributed by atoms with van der Waals surface area (Å²) in [4.78, 5) is 2.64. The Balaban J connectivity index is 2.11. The van der Waals surface area contributed by atoms with Crippen LogP contribution in [0.25, 0.3) is 0 Å². The highest BCUT2D eigenvalue weighted by molar-refractivity contribution is 5.55. The van der Waals surface area contributed by atoms with Crippen molar-refractivity contribution in [1.82, 2.24) is 5.32 Å². The first-order chi connectivity index (χ1) is 9.22. The van der Waals surface area contributed by atoms with Crippen molar-refractivity contribution in [2.45, 2.75) is 65.1 Å². The zero-order valence-electron chi connectivity index (χ0n) is 12.7. The van der Waals surface area contributed by atoms with Gasteiger partial charge in [0.25, 0.3) is 0 Å². The topological polar surface area (TPSA) is 15.3 Å². The quantitative estimate of drug-likeness (QED) is 0.761. The molecule has 19 heavy (non-hydrogen) atoms. The van der Waals surface area contributed by atoms with E-state index in [2.05, 4.69) is 55.3 Å². The second-order valence-electron chi connectivity index (χ2n) is 5.94. The zero-order chi connectivity index (χ0) is 13.7. The molecule has 0 amide bonds. The van der Waals surface area contributed by atoms with E-state index in [-0.39, 0.29) is 0 Å². The fourth-order valence-corrected chi connectivity index (χ4v) is 2.47. The van der Waals surface area contributed by atoms with Crippen LogP contribution in [-0.2, 0) is 6.54 Å². The first-order valence-electron chi connectivity index (χ1n) is 7.80. The molecule has 1 aromatic rings. The zero-order valence-corrected chi connectivity index (χ0v) is 12.7. The van der Waals surface area contributed by atoms with E-state index in [0.717, 1.165) is 12.6 Å². The minimum Gasteiger partial charge on any atom is -0.368 e. The highest BCUT2D eigenvalue weighted by Gasteiger charge is 2.29. The predicted molar refractivity (Wildman–Crippen MR) is 83.7 cm³/mol. The molecule has 0 atom stereocenters. The molecule has 0 aromatic heterocycles. The number of hydrogen-bond acceptors (Lipinski definition) is 2. The standard InChI is InChI=1S/C17H28N2/c1-4-5-12-19(16-10-11-16)17-9-7-6-8-15(17)13-18-14(2)3/h6-9,14,16,18H,4-5,10-13H2,1-3H3. The van der Waals surface area contributed by atoms with E-state index < -0.39 is 0 Å². The molecule has 0 radical (unpaired) electrons. The van der Waals surface area contributed by atoms with E-state index in [4.69, 9.17) is 0 Å². The van der Waals surface area contributed by atoms with Gasteiger partial charge in [-0.2, -0.15) is 0 Å². The summed E-state index contributed by atoms with van der Waals surface area (Å²) in [6.07, 6.45) is 5.31. The maximum atomic E-state index is 3.55. The van der Waals surface area contributed by atoms with Gasteiger partial charge in [0.1, 0.15) is 0 Å². The number of unbranched alkanes of at least 4 members (excludes halogenated alkanes) is 1. The molecule has 1 saturated carbocycles. The number of anilines is 1. The molecule has 106 valence electrons. The van der Waals surface area contributed by atoms with Crippen molar-refractivity contribution in [2.75, 3.05) is 11.4 Å². The van der Waals surface area contributed by atoms with Crippen molar-refractivity contribution in [3.8, 4) is 0 Å². The van der Waals surface area contributed by atoms with Crippen LogP contribution in [0.4, 0.5) is 5.69 Å². The van der Waals surface area contributed by atoms with Gasteiger partial charge < -0.3 is 10.2 Å². The molecule has 1 fully saturated rings. The van der Waals surface area contributed by atoms with Gasteiger partial charge in [-0.15, -0.1) is 0 Å². The van der Waals surface area contributed by atoms with Crippen molar-refractivity contribution in [1.29, 1.82) is 0 Å². The number of nitrogens with one attached hydrogen (secondary N) is 1. The SMILES string of the molecule is CCCCN(c1ccccc1CNC(C)C)C1CC1. The Kier molecular flexibility index (Phi) is 5.26. The Morgan fingerprint density at radius 2 is 2.00 bits per heavy atom. The number of rotatable bonds is 8. The number of hydrogen-bond donors (Lipinski definition) is 1. The normalized spacial score (nSPS) is 14.9. The summed E-state index contributed by atoms with van der Waals surface area (Å²) in [5.41, 5.74) is 2.89. The molecule has 1 aliphatic carbocycles. The smallest absolute Gasteiger partial charge is 0.0414 e. The van der Waals surface area contributed by atoms with E-state index >= 15 is 0 Å². The van der Waals surface area contributed by atoms with Crippen LogP contribution in [0.15, 0.2) is 24.3 Å². The van der Waals surface area contributed by atoms with Gasteiger partial charge in [-0.05, 0) is 30.9 Å². The van der Waals surface area contributed by atoms with E-state index in [0.29, 0.717) is 6.04 Å². The second kappa shape index (κ2) is 6.95. The largest absolute Gasteiger partial charge is 0.368 e. The van der Waals surface area contributed by atoms with Crippen molar-refractivity contribution in [3.05, 3.63) is 29.8 Å². The molecule has 1 aromatic carbocycles. The van der Waals surface area contributed by atoms with Gasteiger partial charge in [0, 0.05) is 30.9 Å². The van der Waals surface area contributed by atoms with Crippen molar-refractivity contribution >= 4 is 5.69 Å². The average Bonchev–Trinajstić information content (AvgIpc) is 3.22. The predicted octanol–water partition coefficient (Wildman–Crippen LogP) is 3.95. The fraction of sp³-hybridized carbons (Fsp3) is 0.647. The highest BCUT2D eigenvalue weighted by Crippen LogP contribution is 2.33. The molecule has 0 unspecified atom stereocenters. The van der Waals surface area contributed by atoms with Gasteiger partial charge in [0.05, 0.1) is 0 Å². The lowest BCUT2D eigenvalue weighted by atomic mass is 10.1. The van der Waals surface area contributed by atoms with Crippen LogP contribution in [0.1, 0.15) is 52.0 Å². The maximum Gasteiger partial charge on any atom is 0.0414 e. The van der Waals surface area contributed by atoms with Crippen molar-refractivity contribution in [3.63, 3.8) is 0 Å². The van der Waals surface area contributed by atoms with Gasteiger partial charge >= 0.3 is 0 Å². The molecule has 2 rings (SSSR count). The van der Waals surface area contributed by atoms with E-state index in [1.807, 2.05) is 0 Å². The lowest BCUT2D eigenvalue weighted by Gasteiger charge is -2.27. The van der Waals surface area contributed by atoms with Gasteiger partial charge in [-0.1, -0.05) is 45.4 Å². The third-order valence-corrected chi connectivity index (χ3v) is 3.74. The Morgan fingerprint density at radius 3 is 2.63 bits per heavy atom. The summed E-state index contributed by atoms with van der Waals surface area (Å²) in [5.74, 6) is 0. The molecule has 1 N–H and O–H groups in total. The molecular formula is C17H28N2. The summed E-state index contributed by atoms with van der Waals surface area (Å²) in [6, 6.07) is 10.2. The fourth-order valence-electron chi connectivity index (χ4n) is 2.47. The number of benzene rings is 1. The molecule has 0 saturated heterocycles. The molecule has 0 aliphatic heterocycles. The Labute approximate surface area is 118 Å². The number of para-hydroxylation sites is 1. The van der Waals surface area contributed by atoms with Crippen LogP contribution >= 0.6 is 0 Å². The number of nitrogens with zero attached hydrogens (tertiary/aromatic N) is 1. The Bertz CT molecular complexity index is 383. The third-order valence-electron chi connectivity index (χ3n) is 3.74. The van der Waals surface area contributed by atoms with E-state index in [9.17, 15) is 0 Å². The molecule has 1 aliphatic rings. The van der Waals surface area contributed by atoms with Crippen LogP contribution in [-0.4, -0.2) is 18.6 Å². The second-order valence-corrected chi connectivity index (χ2v) is 5.94. The minimum absolute atomic E-state index is 0.540. The third kappa shape index (κ3) is 4.24. The summed E-state index contributed by atoms with van der Waals surface area (Å²) in [7, 11) is 0. The summed E-state index contributed by atoms with van der Waals surface area (Å²) in [6.45, 7) is 8.87. The van der Waals surface area contributed by atoms with Gasteiger partial charge in [0.15, 0.2) is 0 Å². The molecule has 2 nitrogen and oxygen atoms in total. The summed E-state index contributed by atoms with van der Waals surface area (Å²) in [5, 5.41) is 3.55.